The summed E-state index contributed by atoms with van der Waals surface area (Å²) in [6, 6.07) is 19.3. The molecule has 0 aromatic heterocycles. The monoisotopic (exact) mass is 444 g/mol. The number of rotatable bonds is 3. The lowest BCUT2D eigenvalue weighted by Crippen LogP contribution is -2.32. The van der Waals surface area contributed by atoms with E-state index < -0.39 is 0 Å². The van der Waals surface area contributed by atoms with Crippen LogP contribution in [-0.4, -0.2) is 11.0 Å². The first-order valence-electron chi connectivity index (χ1n) is 7.76. The first-order valence-corrected chi connectivity index (χ1v) is 9.34. The molecule has 0 fully saturated rings. The topological polar surface area (TPSA) is 41.1 Å². The molecule has 130 valence electrons. The van der Waals surface area contributed by atoms with E-state index in [4.69, 9.17) is 23.8 Å². The predicted octanol–water partition coefficient (Wildman–Crippen LogP) is 5.78. The Hall–Kier alpha value is -2.21. The van der Waals surface area contributed by atoms with Gasteiger partial charge in [-0.05, 0) is 68.8 Å². The van der Waals surface area contributed by atoms with Crippen LogP contribution in [0.1, 0.15) is 5.56 Å². The third kappa shape index (κ3) is 4.69. The number of nitrogens with one attached hydrogen (secondary N) is 2. The van der Waals surface area contributed by atoms with Gasteiger partial charge in [0.1, 0.15) is 0 Å². The van der Waals surface area contributed by atoms with Crippen LogP contribution in [0.3, 0.4) is 0 Å². The molecule has 0 atom stereocenters. The van der Waals surface area contributed by atoms with Crippen molar-refractivity contribution < 1.29 is 4.79 Å². The van der Waals surface area contributed by atoms with E-state index in [1.807, 2.05) is 42.5 Å². The molecule has 3 rings (SSSR count). The molecule has 2 N–H and O–H groups in total. The average molecular weight is 446 g/mol. The summed E-state index contributed by atoms with van der Waals surface area (Å²) in [5.41, 5.74) is 1.67. The molecule has 0 radical (unpaired) electrons. The minimum atomic E-state index is -0.307. The van der Waals surface area contributed by atoms with Crippen molar-refractivity contribution in [2.45, 2.75) is 0 Å². The summed E-state index contributed by atoms with van der Waals surface area (Å²) in [4.78, 5) is 12.1. The molecule has 0 saturated carbocycles. The van der Waals surface area contributed by atoms with Gasteiger partial charge in [0.2, 0.25) is 5.91 Å². The van der Waals surface area contributed by atoms with Crippen LogP contribution in [0, 0.1) is 0 Å². The van der Waals surface area contributed by atoms with Crippen LogP contribution in [0.2, 0.25) is 5.02 Å². The zero-order chi connectivity index (χ0) is 18.5. The molecule has 26 heavy (non-hydrogen) atoms. The Balaban J connectivity index is 1.65. The van der Waals surface area contributed by atoms with Crippen molar-refractivity contribution in [2.24, 2.45) is 0 Å². The quantitative estimate of drug-likeness (QED) is 0.396. The van der Waals surface area contributed by atoms with Crippen LogP contribution >= 0.6 is 39.7 Å². The maximum Gasteiger partial charge on any atom is 0.250 e. The number of thiocarbonyl (C=S) groups is 1. The van der Waals surface area contributed by atoms with Crippen LogP contribution in [0.25, 0.3) is 16.8 Å². The Kier molecular flexibility index (Phi) is 6.04. The fraction of sp³-hybridized carbons (Fsp3) is 0. The number of hydrogen-bond donors (Lipinski definition) is 2. The van der Waals surface area contributed by atoms with Gasteiger partial charge in [-0.2, -0.15) is 0 Å². The van der Waals surface area contributed by atoms with Gasteiger partial charge in [-0.1, -0.05) is 54.1 Å². The zero-order valence-corrected chi connectivity index (χ0v) is 16.7. The smallest absolute Gasteiger partial charge is 0.250 e. The van der Waals surface area contributed by atoms with Gasteiger partial charge in [-0.15, -0.1) is 0 Å². The van der Waals surface area contributed by atoms with Gasteiger partial charge in [-0.3, -0.25) is 10.1 Å². The fourth-order valence-corrected chi connectivity index (χ4v) is 3.10. The van der Waals surface area contributed by atoms with Crippen molar-refractivity contribution in [1.29, 1.82) is 0 Å². The lowest BCUT2D eigenvalue weighted by molar-refractivity contribution is -0.115. The van der Waals surface area contributed by atoms with Crippen molar-refractivity contribution in [3.8, 4) is 0 Å². The van der Waals surface area contributed by atoms with Crippen molar-refractivity contribution in [3.05, 3.63) is 81.8 Å². The number of anilines is 1. The fourth-order valence-electron chi connectivity index (χ4n) is 2.45. The number of fused-ring (bicyclic) bond motifs is 1. The lowest BCUT2D eigenvalue weighted by Gasteiger charge is -2.09. The molecule has 3 aromatic rings. The SMILES string of the molecule is O=C(C=Cc1cccc2ccccc12)NC(=S)Nc1ccc(Br)c(Cl)c1. The van der Waals surface area contributed by atoms with Gasteiger partial charge in [0.05, 0.1) is 5.02 Å². The van der Waals surface area contributed by atoms with Crippen molar-refractivity contribution in [2.75, 3.05) is 5.32 Å². The molecule has 0 aliphatic heterocycles. The summed E-state index contributed by atoms with van der Waals surface area (Å²) in [5, 5.41) is 8.52. The molecule has 3 aromatic carbocycles. The van der Waals surface area contributed by atoms with Crippen LogP contribution < -0.4 is 10.6 Å². The Bertz CT molecular complexity index is 1010. The van der Waals surface area contributed by atoms with Crippen molar-refractivity contribution in [3.63, 3.8) is 0 Å². The van der Waals surface area contributed by atoms with E-state index >= 15 is 0 Å². The second-order valence-corrected chi connectivity index (χ2v) is 7.14. The van der Waals surface area contributed by atoms with Crippen molar-refractivity contribution >= 4 is 73.3 Å². The van der Waals surface area contributed by atoms with Crippen LogP contribution in [0.4, 0.5) is 5.69 Å². The normalized spacial score (nSPS) is 10.8. The number of carbonyl (C=O) groups is 1. The number of amides is 1. The largest absolute Gasteiger partial charge is 0.332 e. The van der Waals surface area contributed by atoms with Gasteiger partial charge in [-0.25, -0.2) is 0 Å². The first-order chi connectivity index (χ1) is 12.5. The molecule has 3 nitrogen and oxygen atoms in total. The number of carbonyl (C=O) groups excluding carboxylic acids is 1. The van der Waals surface area contributed by atoms with Crippen molar-refractivity contribution in [1.82, 2.24) is 5.32 Å². The van der Waals surface area contributed by atoms with Crippen LogP contribution in [0.15, 0.2) is 71.2 Å². The van der Waals surface area contributed by atoms with E-state index in [0.29, 0.717) is 10.7 Å². The van der Waals surface area contributed by atoms with E-state index in [0.717, 1.165) is 20.8 Å². The molecule has 0 aliphatic carbocycles. The first kappa shape index (κ1) is 18.6. The highest BCUT2D eigenvalue weighted by molar-refractivity contribution is 9.10. The molecule has 1 amide bonds. The van der Waals surface area contributed by atoms with Crippen LogP contribution in [-0.2, 0) is 4.79 Å². The number of benzene rings is 3. The minimum Gasteiger partial charge on any atom is -0.332 e. The van der Waals surface area contributed by atoms with Gasteiger partial charge in [0.25, 0.3) is 0 Å². The van der Waals surface area contributed by atoms with Crippen LogP contribution in [0.5, 0.6) is 0 Å². The predicted molar refractivity (Wildman–Crippen MR) is 116 cm³/mol. The Morgan fingerprint density at radius 2 is 1.85 bits per heavy atom. The highest BCUT2D eigenvalue weighted by Crippen LogP contribution is 2.25. The molecule has 0 unspecified atom stereocenters. The molecule has 0 spiro atoms. The van der Waals surface area contributed by atoms with E-state index in [1.165, 1.54) is 6.08 Å². The van der Waals surface area contributed by atoms with Gasteiger partial charge in [0, 0.05) is 16.2 Å². The van der Waals surface area contributed by atoms with E-state index in [1.54, 1.807) is 24.3 Å². The summed E-state index contributed by atoms with van der Waals surface area (Å²) >= 11 is 14.5. The summed E-state index contributed by atoms with van der Waals surface area (Å²) < 4.78 is 0.790. The molecule has 0 bridgehead atoms. The minimum absolute atomic E-state index is 0.205. The molecular formula is C20H14BrClN2OS. The third-order valence-corrected chi connectivity index (χ3v) is 5.09. The Labute approximate surface area is 170 Å². The molecule has 0 heterocycles. The second kappa shape index (κ2) is 8.45. The maximum atomic E-state index is 12.1. The van der Waals surface area contributed by atoms with Gasteiger partial charge < -0.3 is 5.32 Å². The van der Waals surface area contributed by atoms with Gasteiger partial charge in [0.15, 0.2) is 5.11 Å². The molecule has 0 saturated heterocycles. The molecule has 0 aliphatic rings. The van der Waals surface area contributed by atoms with E-state index in [-0.39, 0.29) is 11.0 Å². The number of halogens is 2. The maximum absolute atomic E-state index is 12.1. The Morgan fingerprint density at radius 1 is 1.08 bits per heavy atom. The average Bonchev–Trinajstić information content (AvgIpc) is 2.63. The Morgan fingerprint density at radius 3 is 2.65 bits per heavy atom. The van der Waals surface area contributed by atoms with E-state index in [2.05, 4.69) is 26.6 Å². The third-order valence-electron chi connectivity index (χ3n) is 3.65. The molecule has 6 heteroatoms. The lowest BCUT2D eigenvalue weighted by atomic mass is 10.0. The highest BCUT2D eigenvalue weighted by atomic mass is 79.9. The number of hydrogen-bond acceptors (Lipinski definition) is 2. The zero-order valence-electron chi connectivity index (χ0n) is 13.5. The molecular weight excluding hydrogens is 432 g/mol. The van der Waals surface area contributed by atoms with Gasteiger partial charge >= 0.3 is 0 Å². The summed E-state index contributed by atoms with van der Waals surface area (Å²) in [5.74, 6) is -0.307. The summed E-state index contributed by atoms with van der Waals surface area (Å²) in [6.45, 7) is 0. The summed E-state index contributed by atoms with van der Waals surface area (Å²) in [7, 11) is 0. The van der Waals surface area contributed by atoms with E-state index in [9.17, 15) is 4.79 Å². The standard InChI is InChI=1S/C20H14BrClN2OS/c21-17-10-9-15(12-18(17)22)23-20(26)24-19(25)11-8-14-6-3-5-13-4-1-2-7-16(13)14/h1-12H,(H2,23,24,25,26). The highest BCUT2D eigenvalue weighted by Gasteiger charge is 2.04. The second-order valence-electron chi connectivity index (χ2n) is 5.47. The summed E-state index contributed by atoms with van der Waals surface area (Å²) in [6.07, 6.45) is 3.24.